The van der Waals surface area contributed by atoms with Gasteiger partial charge in [-0.3, -0.25) is 5.32 Å². The first kappa shape index (κ1) is 13.8. The number of hydrogen-bond donors (Lipinski definition) is 2. The van der Waals surface area contributed by atoms with Crippen molar-refractivity contribution in [3.05, 3.63) is 0 Å². The second-order valence-corrected chi connectivity index (χ2v) is 7.21. The van der Waals surface area contributed by atoms with E-state index in [1.165, 1.54) is 57.8 Å². The van der Waals surface area contributed by atoms with Gasteiger partial charge in [0.05, 0.1) is 6.10 Å². The van der Waals surface area contributed by atoms with E-state index in [9.17, 15) is 0 Å². The molecule has 0 radical (unpaired) electrons. The van der Waals surface area contributed by atoms with Crippen molar-refractivity contribution in [3.63, 3.8) is 0 Å². The Morgan fingerprint density at radius 2 is 1.84 bits per heavy atom. The summed E-state index contributed by atoms with van der Waals surface area (Å²) in [5, 5.41) is 3.72. The summed E-state index contributed by atoms with van der Waals surface area (Å²) >= 11 is 0. The molecule has 0 amide bonds. The van der Waals surface area contributed by atoms with E-state index in [2.05, 4.69) is 12.2 Å². The van der Waals surface area contributed by atoms with Crippen LogP contribution in [0.4, 0.5) is 0 Å². The van der Waals surface area contributed by atoms with Crippen LogP contribution < -0.4 is 11.1 Å². The minimum absolute atomic E-state index is 0.330. The van der Waals surface area contributed by atoms with Crippen molar-refractivity contribution < 1.29 is 4.74 Å². The summed E-state index contributed by atoms with van der Waals surface area (Å²) in [6.07, 6.45) is 12.4. The van der Waals surface area contributed by atoms with E-state index in [4.69, 9.17) is 10.5 Å². The first-order valence-corrected chi connectivity index (χ1v) is 8.38. The highest BCUT2D eigenvalue weighted by Gasteiger charge is 2.37. The Morgan fingerprint density at radius 3 is 2.63 bits per heavy atom. The van der Waals surface area contributed by atoms with Gasteiger partial charge in [0.15, 0.2) is 0 Å². The molecule has 0 aromatic heterocycles. The predicted octanol–water partition coefficient (Wildman–Crippen LogP) is 2.79. The van der Waals surface area contributed by atoms with Crippen molar-refractivity contribution in [2.75, 3.05) is 0 Å². The van der Waals surface area contributed by atoms with E-state index in [0.717, 1.165) is 11.8 Å². The molecule has 3 N–H and O–H groups in total. The van der Waals surface area contributed by atoms with Crippen LogP contribution in [0.25, 0.3) is 0 Å². The van der Waals surface area contributed by atoms with Crippen molar-refractivity contribution in [1.29, 1.82) is 0 Å². The highest BCUT2D eigenvalue weighted by Crippen LogP contribution is 2.33. The van der Waals surface area contributed by atoms with Crippen molar-refractivity contribution >= 4 is 0 Å². The van der Waals surface area contributed by atoms with E-state index >= 15 is 0 Å². The van der Waals surface area contributed by atoms with Crippen molar-refractivity contribution in [3.8, 4) is 0 Å². The lowest BCUT2D eigenvalue weighted by Gasteiger charge is -2.27. The Hall–Kier alpha value is -0.120. The summed E-state index contributed by atoms with van der Waals surface area (Å²) in [5.74, 6) is 1.77. The van der Waals surface area contributed by atoms with Crippen LogP contribution in [-0.2, 0) is 4.74 Å². The first-order chi connectivity index (χ1) is 9.20. The maximum atomic E-state index is 6.19. The lowest BCUT2D eigenvalue weighted by molar-refractivity contribution is 0.0130. The number of nitrogens with two attached hydrogens (primary N) is 1. The number of ether oxygens (including phenoxy) is 1. The molecule has 3 aliphatic rings. The number of hydrogen-bond acceptors (Lipinski definition) is 3. The zero-order chi connectivity index (χ0) is 13.2. The molecule has 3 rings (SSSR count). The van der Waals surface area contributed by atoms with Gasteiger partial charge in [-0.05, 0) is 69.6 Å². The fraction of sp³-hybridized carbons (Fsp3) is 1.00. The number of rotatable bonds is 3. The third-order valence-electron chi connectivity index (χ3n) is 5.52. The molecule has 2 saturated carbocycles. The van der Waals surface area contributed by atoms with Crippen LogP contribution in [0, 0.1) is 11.8 Å². The third-order valence-corrected chi connectivity index (χ3v) is 5.52. The molecular formula is C16H30N2O. The van der Waals surface area contributed by atoms with E-state index in [-0.39, 0.29) is 0 Å². The normalized spacial score (nSPS) is 47.1. The minimum Gasteiger partial charge on any atom is -0.359 e. The average molecular weight is 266 g/mol. The zero-order valence-electron chi connectivity index (χ0n) is 12.3. The average Bonchev–Trinajstić information content (AvgIpc) is 2.80. The Balaban J connectivity index is 1.40. The van der Waals surface area contributed by atoms with Gasteiger partial charge in [-0.1, -0.05) is 6.92 Å². The molecule has 4 unspecified atom stereocenters. The van der Waals surface area contributed by atoms with E-state index in [1.54, 1.807) is 0 Å². The molecular weight excluding hydrogens is 236 g/mol. The van der Waals surface area contributed by atoms with Gasteiger partial charge in [-0.2, -0.15) is 0 Å². The minimum atomic E-state index is 0.330. The lowest BCUT2D eigenvalue weighted by atomic mass is 9.83. The highest BCUT2D eigenvalue weighted by molar-refractivity contribution is 4.90. The third kappa shape index (κ3) is 3.50. The van der Waals surface area contributed by atoms with Crippen LogP contribution in [0.3, 0.4) is 0 Å². The molecule has 0 spiro atoms. The van der Waals surface area contributed by atoms with E-state index < -0.39 is 0 Å². The van der Waals surface area contributed by atoms with Gasteiger partial charge in [-0.25, -0.2) is 0 Å². The Labute approximate surface area is 117 Å². The summed E-state index contributed by atoms with van der Waals surface area (Å²) in [7, 11) is 0. The van der Waals surface area contributed by atoms with Gasteiger partial charge in [0, 0.05) is 12.1 Å². The summed E-state index contributed by atoms with van der Waals surface area (Å²) < 4.78 is 6.19. The van der Waals surface area contributed by atoms with Crippen LogP contribution in [0.2, 0.25) is 0 Å². The van der Waals surface area contributed by atoms with E-state index in [0.29, 0.717) is 24.4 Å². The maximum Gasteiger partial charge on any atom is 0.108 e. The van der Waals surface area contributed by atoms with Crippen LogP contribution in [0.1, 0.15) is 64.7 Å². The smallest absolute Gasteiger partial charge is 0.108 e. The molecule has 3 nitrogen and oxygen atoms in total. The van der Waals surface area contributed by atoms with Gasteiger partial charge in [0.1, 0.15) is 6.23 Å². The van der Waals surface area contributed by atoms with Crippen LogP contribution in [0.5, 0.6) is 0 Å². The van der Waals surface area contributed by atoms with Gasteiger partial charge < -0.3 is 10.5 Å². The SMILES string of the molecule is CC1CCC2OC(CCC3CCC(N)CC3)NC2C1. The molecule has 4 atom stereocenters. The molecule has 0 bridgehead atoms. The Bertz CT molecular complexity index is 288. The van der Waals surface area contributed by atoms with E-state index in [1.807, 2.05) is 0 Å². The van der Waals surface area contributed by atoms with Crippen molar-refractivity contribution in [1.82, 2.24) is 5.32 Å². The Morgan fingerprint density at radius 1 is 1.05 bits per heavy atom. The molecule has 2 aliphatic carbocycles. The lowest BCUT2D eigenvalue weighted by Crippen LogP contribution is -2.37. The largest absolute Gasteiger partial charge is 0.359 e. The molecule has 110 valence electrons. The molecule has 0 aromatic rings. The first-order valence-electron chi connectivity index (χ1n) is 8.38. The molecule has 1 aliphatic heterocycles. The fourth-order valence-electron chi connectivity index (χ4n) is 4.20. The maximum absolute atomic E-state index is 6.19. The van der Waals surface area contributed by atoms with Crippen LogP contribution >= 0.6 is 0 Å². The molecule has 3 heteroatoms. The summed E-state index contributed by atoms with van der Waals surface area (Å²) in [6.45, 7) is 2.37. The van der Waals surface area contributed by atoms with Gasteiger partial charge in [0.2, 0.25) is 0 Å². The Kier molecular flexibility index (Phi) is 4.45. The summed E-state index contributed by atoms with van der Waals surface area (Å²) in [4.78, 5) is 0. The monoisotopic (exact) mass is 266 g/mol. The standard InChI is InChI=1S/C16H30N2O/c1-11-2-8-15-14(10-11)18-16(19-15)9-5-12-3-6-13(17)7-4-12/h11-16,18H,2-10,17H2,1H3. The number of nitrogens with one attached hydrogen (secondary N) is 1. The van der Waals surface area contributed by atoms with Gasteiger partial charge >= 0.3 is 0 Å². The number of fused-ring (bicyclic) bond motifs is 1. The molecule has 3 fully saturated rings. The molecule has 1 saturated heterocycles. The predicted molar refractivity (Wildman–Crippen MR) is 77.8 cm³/mol. The molecule has 1 heterocycles. The van der Waals surface area contributed by atoms with Crippen molar-refractivity contribution in [2.24, 2.45) is 17.6 Å². The van der Waals surface area contributed by atoms with Crippen LogP contribution in [-0.4, -0.2) is 24.4 Å². The summed E-state index contributed by atoms with van der Waals surface area (Å²) in [6, 6.07) is 1.11. The van der Waals surface area contributed by atoms with Gasteiger partial charge in [0.25, 0.3) is 0 Å². The molecule has 0 aromatic carbocycles. The summed E-state index contributed by atoms with van der Waals surface area (Å²) in [5.41, 5.74) is 5.97. The van der Waals surface area contributed by atoms with Crippen LogP contribution in [0.15, 0.2) is 0 Å². The topological polar surface area (TPSA) is 47.3 Å². The van der Waals surface area contributed by atoms with Gasteiger partial charge in [-0.15, -0.1) is 0 Å². The van der Waals surface area contributed by atoms with Crippen molar-refractivity contribution in [2.45, 2.75) is 89.1 Å². The second-order valence-electron chi connectivity index (χ2n) is 7.21. The fourth-order valence-corrected chi connectivity index (χ4v) is 4.20. The molecule has 19 heavy (non-hydrogen) atoms. The zero-order valence-corrected chi connectivity index (χ0v) is 12.3. The quantitative estimate of drug-likeness (QED) is 0.826. The highest BCUT2D eigenvalue weighted by atomic mass is 16.5. The second kappa shape index (κ2) is 6.11.